The summed E-state index contributed by atoms with van der Waals surface area (Å²) in [5, 5.41) is 5.59. The number of hydrogen-bond acceptors (Lipinski definition) is 3. The lowest BCUT2D eigenvalue weighted by Gasteiger charge is -2.24. The van der Waals surface area contributed by atoms with E-state index in [2.05, 4.69) is 10.6 Å². The third kappa shape index (κ3) is 3.80. The van der Waals surface area contributed by atoms with Crippen LogP contribution in [0.1, 0.15) is 18.1 Å². The molecule has 4 amide bonds. The highest BCUT2D eigenvalue weighted by Gasteiger charge is 2.50. The zero-order chi connectivity index (χ0) is 22.0. The van der Waals surface area contributed by atoms with Gasteiger partial charge >= 0.3 is 6.03 Å². The van der Waals surface area contributed by atoms with Crippen LogP contribution < -0.4 is 10.6 Å². The number of nitrogens with zero attached hydrogens (tertiary/aromatic N) is 1. The van der Waals surface area contributed by atoms with Gasteiger partial charge in [0.05, 0.1) is 0 Å². The molecule has 4 rings (SSSR count). The predicted octanol–water partition coefficient (Wildman–Crippen LogP) is 4.07. The maximum atomic E-state index is 13.1. The maximum absolute atomic E-state index is 13.1. The number of carbonyl (C=O) groups excluding carboxylic acids is 3. The second-order valence-electron chi connectivity index (χ2n) is 7.72. The van der Waals surface area contributed by atoms with E-state index in [0.29, 0.717) is 11.3 Å². The molecule has 0 spiro atoms. The molecule has 0 saturated carbocycles. The van der Waals surface area contributed by atoms with Crippen molar-refractivity contribution in [2.75, 3.05) is 11.9 Å². The molecule has 1 fully saturated rings. The molecular formula is C25H23N3O3. The van der Waals surface area contributed by atoms with Gasteiger partial charge in [-0.2, -0.15) is 0 Å². The molecule has 1 aliphatic heterocycles. The van der Waals surface area contributed by atoms with E-state index >= 15 is 0 Å². The van der Waals surface area contributed by atoms with E-state index < -0.39 is 23.4 Å². The van der Waals surface area contributed by atoms with Crippen molar-refractivity contribution in [1.29, 1.82) is 0 Å². The fourth-order valence-electron chi connectivity index (χ4n) is 3.95. The number of rotatable bonds is 5. The summed E-state index contributed by atoms with van der Waals surface area (Å²) in [7, 11) is 0. The third-order valence-electron chi connectivity index (χ3n) is 5.55. The molecule has 0 bridgehead atoms. The molecule has 2 N–H and O–H groups in total. The quantitative estimate of drug-likeness (QED) is 0.619. The molecule has 6 nitrogen and oxygen atoms in total. The van der Waals surface area contributed by atoms with Gasteiger partial charge in [-0.15, -0.1) is 0 Å². The van der Waals surface area contributed by atoms with Crippen LogP contribution in [-0.4, -0.2) is 29.3 Å². The van der Waals surface area contributed by atoms with Crippen molar-refractivity contribution in [2.45, 2.75) is 19.4 Å². The summed E-state index contributed by atoms with van der Waals surface area (Å²) in [6.45, 7) is 3.18. The smallest absolute Gasteiger partial charge is 0.324 e. The summed E-state index contributed by atoms with van der Waals surface area (Å²) >= 11 is 0. The van der Waals surface area contributed by atoms with E-state index in [1.807, 2.05) is 79.7 Å². The Kier molecular flexibility index (Phi) is 5.29. The van der Waals surface area contributed by atoms with Crippen LogP contribution in [0.2, 0.25) is 0 Å². The second-order valence-corrected chi connectivity index (χ2v) is 7.72. The average molecular weight is 413 g/mol. The lowest BCUT2D eigenvalue weighted by Crippen LogP contribution is -2.42. The molecule has 156 valence electrons. The van der Waals surface area contributed by atoms with Crippen molar-refractivity contribution in [1.82, 2.24) is 10.2 Å². The summed E-state index contributed by atoms with van der Waals surface area (Å²) in [6.07, 6.45) is 0. The van der Waals surface area contributed by atoms with Gasteiger partial charge in [0.25, 0.3) is 5.91 Å². The fourth-order valence-corrected chi connectivity index (χ4v) is 3.95. The van der Waals surface area contributed by atoms with Crippen molar-refractivity contribution < 1.29 is 14.4 Å². The van der Waals surface area contributed by atoms with Crippen LogP contribution in [0, 0.1) is 6.92 Å². The van der Waals surface area contributed by atoms with Gasteiger partial charge in [-0.05, 0) is 36.6 Å². The Labute approximate surface area is 180 Å². The van der Waals surface area contributed by atoms with E-state index in [9.17, 15) is 14.4 Å². The average Bonchev–Trinajstić information content (AvgIpc) is 2.98. The summed E-state index contributed by atoms with van der Waals surface area (Å²) in [6, 6.07) is 23.9. The van der Waals surface area contributed by atoms with Gasteiger partial charge < -0.3 is 10.6 Å². The van der Waals surface area contributed by atoms with Gasteiger partial charge in [0.2, 0.25) is 5.91 Å². The van der Waals surface area contributed by atoms with Crippen LogP contribution in [-0.2, 0) is 15.1 Å². The Morgan fingerprint density at radius 2 is 1.58 bits per heavy atom. The number of para-hydroxylation sites is 1. The minimum Gasteiger partial charge on any atom is -0.324 e. The molecular weight excluding hydrogens is 390 g/mol. The Hall–Kier alpha value is -3.93. The number of carbonyl (C=O) groups is 3. The zero-order valence-electron chi connectivity index (χ0n) is 17.4. The van der Waals surface area contributed by atoms with Crippen LogP contribution in [0.4, 0.5) is 10.5 Å². The number of hydrogen-bond donors (Lipinski definition) is 2. The molecule has 3 aromatic carbocycles. The fraction of sp³-hybridized carbons (Fsp3) is 0.160. The Morgan fingerprint density at radius 1 is 0.935 bits per heavy atom. The molecule has 1 atom stereocenters. The minimum absolute atomic E-state index is 0.366. The molecule has 1 unspecified atom stereocenters. The van der Waals surface area contributed by atoms with E-state index in [1.54, 1.807) is 13.0 Å². The second kappa shape index (κ2) is 8.07. The van der Waals surface area contributed by atoms with Gasteiger partial charge in [-0.25, -0.2) is 4.79 Å². The normalized spacial score (nSPS) is 18.1. The monoisotopic (exact) mass is 413 g/mol. The van der Waals surface area contributed by atoms with Gasteiger partial charge in [0.15, 0.2) is 0 Å². The van der Waals surface area contributed by atoms with E-state index in [-0.39, 0.29) is 6.54 Å². The molecule has 3 aromatic rings. The van der Waals surface area contributed by atoms with Gasteiger partial charge in [0, 0.05) is 11.3 Å². The molecule has 1 aliphatic rings. The molecule has 0 radical (unpaired) electrons. The predicted molar refractivity (Wildman–Crippen MR) is 119 cm³/mol. The molecule has 0 aromatic heterocycles. The van der Waals surface area contributed by atoms with Gasteiger partial charge in [0.1, 0.15) is 12.1 Å². The Bertz CT molecular complexity index is 1160. The van der Waals surface area contributed by atoms with Crippen molar-refractivity contribution >= 4 is 23.5 Å². The Morgan fingerprint density at radius 3 is 2.32 bits per heavy atom. The molecule has 31 heavy (non-hydrogen) atoms. The Balaban J connectivity index is 1.53. The number of urea groups is 1. The topological polar surface area (TPSA) is 78.5 Å². The summed E-state index contributed by atoms with van der Waals surface area (Å²) < 4.78 is 0. The third-order valence-corrected chi connectivity index (χ3v) is 5.55. The highest BCUT2D eigenvalue weighted by molar-refractivity contribution is 6.10. The van der Waals surface area contributed by atoms with Crippen molar-refractivity contribution in [3.63, 3.8) is 0 Å². The first-order valence-electron chi connectivity index (χ1n) is 10.0. The first kappa shape index (κ1) is 20.3. The van der Waals surface area contributed by atoms with Gasteiger partial charge in [-0.3, -0.25) is 14.5 Å². The van der Waals surface area contributed by atoms with Crippen molar-refractivity contribution in [3.05, 3.63) is 90.0 Å². The van der Waals surface area contributed by atoms with Crippen LogP contribution >= 0.6 is 0 Å². The highest BCUT2D eigenvalue weighted by Crippen LogP contribution is 2.31. The van der Waals surface area contributed by atoms with E-state index in [1.165, 1.54) is 0 Å². The SMILES string of the molecule is Cc1ccccc1C1(C)NC(=O)N(CC(=O)Nc2ccccc2-c2ccccc2)C1=O. The van der Waals surface area contributed by atoms with Crippen LogP contribution in [0.5, 0.6) is 0 Å². The molecule has 1 heterocycles. The summed E-state index contributed by atoms with van der Waals surface area (Å²) in [5.74, 6) is -0.890. The maximum Gasteiger partial charge on any atom is 0.325 e. The highest BCUT2D eigenvalue weighted by atomic mass is 16.2. The zero-order valence-corrected chi connectivity index (χ0v) is 17.4. The first-order chi connectivity index (χ1) is 14.9. The van der Waals surface area contributed by atoms with Crippen LogP contribution in [0.3, 0.4) is 0 Å². The first-order valence-corrected chi connectivity index (χ1v) is 10.0. The molecule has 6 heteroatoms. The summed E-state index contributed by atoms with van der Waals surface area (Å²) in [4.78, 5) is 39.4. The summed E-state index contributed by atoms with van der Waals surface area (Å²) in [5.41, 5.74) is 2.84. The van der Waals surface area contributed by atoms with Crippen LogP contribution in [0.15, 0.2) is 78.9 Å². The lowest BCUT2D eigenvalue weighted by atomic mass is 9.88. The van der Waals surface area contributed by atoms with E-state index in [4.69, 9.17) is 0 Å². The number of anilines is 1. The van der Waals surface area contributed by atoms with Crippen molar-refractivity contribution in [2.24, 2.45) is 0 Å². The number of amides is 4. The van der Waals surface area contributed by atoms with Gasteiger partial charge in [-0.1, -0.05) is 72.8 Å². The molecule has 1 saturated heterocycles. The molecule has 0 aliphatic carbocycles. The standard InChI is InChI=1S/C25H23N3O3/c1-17-10-6-8-14-20(17)25(2)23(30)28(24(31)27-25)16-22(29)26-21-15-9-7-13-19(21)18-11-4-3-5-12-18/h3-15H,16H2,1-2H3,(H,26,29)(H,27,31). The number of benzene rings is 3. The number of aryl methyl sites for hydroxylation is 1. The van der Waals surface area contributed by atoms with Crippen molar-refractivity contribution in [3.8, 4) is 11.1 Å². The number of imide groups is 1. The number of nitrogens with one attached hydrogen (secondary N) is 2. The largest absolute Gasteiger partial charge is 0.325 e. The minimum atomic E-state index is -1.20. The van der Waals surface area contributed by atoms with E-state index in [0.717, 1.165) is 21.6 Å². The lowest BCUT2D eigenvalue weighted by molar-refractivity contribution is -0.133. The van der Waals surface area contributed by atoms with Crippen LogP contribution in [0.25, 0.3) is 11.1 Å².